The number of ether oxygens (including phenoxy) is 1. The molecule has 0 radical (unpaired) electrons. The number of carbonyl (C=O) groups is 2. The lowest BCUT2D eigenvalue weighted by atomic mass is 10.4. The van der Waals surface area contributed by atoms with Crippen LogP contribution in [0, 0.1) is 5.21 Å². The second kappa shape index (κ2) is 4.94. The highest BCUT2D eigenvalue weighted by Crippen LogP contribution is 1.97. The average molecular weight is 210 g/mol. The van der Waals surface area contributed by atoms with Crippen LogP contribution in [0.4, 0.5) is 5.82 Å². The molecule has 15 heavy (non-hydrogen) atoms. The summed E-state index contributed by atoms with van der Waals surface area (Å²) in [6, 6.07) is 4.45. The number of amides is 1. The number of carbonyl (C=O) groups excluding carboxylic acids is 2. The van der Waals surface area contributed by atoms with Gasteiger partial charge in [0.1, 0.15) is 0 Å². The highest BCUT2D eigenvalue weighted by atomic mass is 16.5. The fourth-order valence-corrected chi connectivity index (χ4v) is 0.889. The lowest BCUT2D eigenvalue weighted by molar-refractivity contribution is -0.590. The first-order valence-corrected chi connectivity index (χ1v) is 4.31. The van der Waals surface area contributed by atoms with Crippen LogP contribution in [0.2, 0.25) is 0 Å². The molecule has 6 heteroatoms. The summed E-state index contributed by atoms with van der Waals surface area (Å²) in [6.07, 6.45) is 1.21. The van der Waals surface area contributed by atoms with Gasteiger partial charge in [0.2, 0.25) is 0 Å². The van der Waals surface area contributed by atoms with E-state index in [-0.39, 0.29) is 12.4 Å². The molecule has 0 aromatic carbocycles. The van der Waals surface area contributed by atoms with Gasteiger partial charge in [-0.25, -0.2) is 14.3 Å². The van der Waals surface area contributed by atoms with Crippen LogP contribution in [-0.4, -0.2) is 18.5 Å². The molecule has 0 spiro atoms. The number of hydrogen-bond acceptors (Lipinski definition) is 4. The minimum absolute atomic E-state index is 0.0180. The number of esters is 1. The minimum atomic E-state index is -1.01. The molecule has 1 N–H and O–H groups in total. The van der Waals surface area contributed by atoms with Gasteiger partial charge in [-0.2, -0.15) is 5.32 Å². The van der Waals surface area contributed by atoms with Gasteiger partial charge in [0, 0.05) is 6.07 Å². The Balaban J connectivity index is 2.67. The second-order valence-electron chi connectivity index (χ2n) is 2.59. The smallest absolute Gasteiger partial charge is 0.421 e. The Bertz CT molecular complexity index is 378. The van der Waals surface area contributed by atoms with Gasteiger partial charge in [-0.15, -0.1) is 0 Å². The van der Waals surface area contributed by atoms with Crippen molar-refractivity contribution >= 4 is 17.7 Å². The Morgan fingerprint density at radius 2 is 2.27 bits per heavy atom. The molecule has 1 aromatic rings. The zero-order chi connectivity index (χ0) is 11.3. The predicted molar refractivity (Wildman–Crippen MR) is 50.7 cm³/mol. The first kappa shape index (κ1) is 11.0. The van der Waals surface area contributed by atoms with E-state index in [1.807, 2.05) is 0 Å². The van der Waals surface area contributed by atoms with Crippen LogP contribution in [0.1, 0.15) is 6.92 Å². The van der Waals surface area contributed by atoms with Crippen molar-refractivity contribution in [3.05, 3.63) is 29.6 Å². The van der Waals surface area contributed by atoms with Crippen molar-refractivity contribution in [3.63, 3.8) is 0 Å². The van der Waals surface area contributed by atoms with E-state index in [1.165, 1.54) is 18.3 Å². The number of pyridine rings is 1. The molecular weight excluding hydrogens is 200 g/mol. The molecule has 0 aliphatic heterocycles. The molecule has 0 saturated carbocycles. The van der Waals surface area contributed by atoms with E-state index in [2.05, 4.69) is 10.1 Å². The van der Waals surface area contributed by atoms with Gasteiger partial charge in [0.15, 0.2) is 0 Å². The molecule has 6 nitrogen and oxygen atoms in total. The molecule has 1 aromatic heterocycles. The van der Waals surface area contributed by atoms with Crippen molar-refractivity contribution in [2.24, 2.45) is 0 Å². The molecule has 0 fully saturated rings. The quantitative estimate of drug-likeness (QED) is 0.318. The van der Waals surface area contributed by atoms with E-state index in [9.17, 15) is 14.8 Å². The number of hydrogen-bond donors (Lipinski definition) is 1. The zero-order valence-corrected chi connectivity index (χ0v) is 8.10. The van der Waals surface area contributed by atoms with Crippen LogP contribution in [-0.2, 0) is 14.3 Å². The summed E-state index contributed by atoms with van der Waals surface area (Å²) in [7, 11) is 0. The van der Waals surface area contributed by atoms with Gasteiger partial charge < -0.3 is 9.94 Å². The highest BCUT2D eigenvalue weighted by Gasteiger charge is 2.21. The number of nitrogens with one attached hydrogen (secondary N) is 1. The SMILES string of the molecule is CCOC(=O)C(=O)Nc1cccc[n+]1[O-]. The lowest BCUT2D eigenvalue weighted by Crippen LogP contribution is -2.35. The summed E-state index contributed by atoms with van der Waals surface area (Å²) in [5.41, 5.74) is 0. The summed E-state index contributed by atoms with van der Waals surface area (Å²) in [6.45, 7) is 1.69. The normalized spacial score (nSPS) is 9.40. The van der Waals surface area contributed by atoms with Crippen LogP contribution in [0.5, 0.6) is 0 Å². The Labute approximate surface area is 86.1 Å². The predicted octanol–water partition coefficient (Wildman–Crippen LogP) is -0.178. The summed E-state index contributed by atoms with van der Waals surface area (Å²) in [4.78, 5) is 22.0. The van der Waals surface area contributed by atoms with E-state index < -0.39 is 11.9 Å². The summed E-state index contributed by atoms with van der Waals surface area (Å²) >= 11 is 0. The number of anilines is 1. The van der Waals surface area contributed by atoms with Gasteiger partial charge in [-0.05, 0) is 13.0 Å². The molecule has 0 saturated heterocycles. The van der Waals surface area contributed by atoms with E-state index in [0.717, 1.165) is 0 Å². The molecule has 0 aliphatic carbocycles. The molecule has 0 unspecified atom stereocenters. The van der Waals surface area contributed by atoms with Crippen LogP contribution >= 0.6 is 0 Å². The van der Waals surface area contributed by atoms with E-state index in [0.29, 0.717) is 4.73 Å². The first-order chi connectivity index (χ1) is 7.15. The first-order valence-electron chi connectivity index (χ1n) is 4.31. The fourth-order valence-electron chi connectivity index (χ4n) is 0.889. The van der Waals surface area contributed by atoms with Crippen molar-refractivity contribution in [2.75, 3.05) is 11.9 Å². The Morgan fingerprint density at radius 1 is 1.53 bits per heavy atom. The maximum absolute atomic E-state index is 11.1. The van der Waals surface area contributed by atoms with Crippen molar-refractivity contribution in [2.45, 2.75) is 6.92 Å². The van der Waals surface area contributed by atoms with Crippen LogP contribution in [0.15, 0.2) is 24.4 Å². The van der Waals surface area contributed by atoms with Crippen LogP contribution < -0.4 is 10.0 Å². The van der Waals surface area contributed by atoms with Crippen molar-refractivity contribution in [1.29, 1.82) is 0 Å². The van der Waals surface area contributed by atoms with Gasteiger partial charge in [-0.3, -0.25) is 0 Å². The maximum atomic E-state index is 11.1. The van der Waals surface area contributed by atoms with Gasteiger partial charge in [-0.1, -0.05) is 6.07 Å². The van der Waals surface area contributed by atoms with E-state index >= 15 is 0 Å². The summed E-state index contributed by atoms with van der Waals surface area (Å²) < 4.78 is 4.90. The van der Waals surface area contributed by atoms with Gasteiger partial charge in [0.25, 0.3) is 5.82 Å². The van der Waals surface area contributed by atoms with Crippen molar-refractivity contribution < 1.29 is 19.1 Å². The summed E-state index contributed by atoms with van der Waals surface area (Å²) in [5, 5.41) is 13.2. The average Bonchev–Trinajstić information content (AvgIpc) is 2.21. The third-order valence-corrected chi connectivity index (χ3v) is 1.53. The zero-order valence-electron chi connectivity index (χ0n) is 8.10. The molecular formula is C9H10N2O4. The number of rotatable bonds is 2. The van der Waals surface area contributed by atoms with Crippen LogP contribution in [0.3, 0.4) is 0 Å². The molecule has 0 atom stereocenters. The molecule has 0 bridgehead atoms. The van der Waals surface area contributed by atoms with Crippen molar-refractivity contribution in [1.82, 2.24) is 0 Å². The maximum Gasteiger partial charge on any atom is 0.421 e. The second-order valence-corrected chi connectivity index (χ2v) is 2.59. The van der Waals surface area contributed by atoms with Gasteiger partial charge >= 0.3 is 11.9 Å². The third kappa shape index (κ3) is 2.94. The Kier molecular flexibility index (Phi) is 3.61. The summed E-state index contributed by atoms with van der Waals surface area (Å²) in [5.74, 6) is -2.00. The topological polar surface area (TPSA) is 82.3 Å². The monoisotopic (exact) mass is 210 g/mol. The Morgan fingerprint density at radius 3 is 2.87 bits per heavy atom. The number of aromatic nitrogens is 1. The third-order valence-electron chi connectivity index (χ3n) is 1.53. The van der Waals surface area contributed by atoms with E-state index in [1.54, 1.807) is 13.0 Å². The lowest BCUT2D eigenvalue weighted by Gasteiger charge is -2.05. The fraction of sp³-hybridized carbons (Fsp3) is 0.222. The minimum Gasteiger partial charge on any atom is -0.711 e. The standard InChI is InChI=1S/C9H10N2O4/c1-2-15-9(13)8(12)10-7-5-3-4-6-11(7)14/h3-6H,2H2,1H3,(H,10,12). The van der Waals surface area contributed by atoms with Gasteiger partial charge in [0.05, 0.1) is 12.8 Å². The van der Waals surface area contributed by atoms with Crippen LogP contribution in [0.25, 0.3) is 0 Å². The van der Waals surface area contributed by atoms with E-state index in [4.69, 9.17) is 0 Å². The molecule has 0 aliphatic rings. The molecule has 80 valence electrons. The molecule has 1 amide bonds. The largest absolute Gasteiger partial charge is 0.711 e. The Hall–Kier alpha value is -2.11. The molecule has 1 heterocycles. The van der Waals surface area contributed by atoms with Crippen molar-refractivity contribution in [3.8, 4) is 0 Å². The molecule has 1 rings (SSSR count). The number of nitrogens with zero attached hydrogens (tertiary/aromatic N) is 1. The highest BCUT2D eigenvalue weighted by molar-refractivity contribution is 6.37.